The maximum absolute atomic E-state index is 12.6. The van der Waals surface area contributed by atoms with Gasteiger partial charge in [0, 0.05) is 13.1 Å². The number of benzene rings is 1. The summed E-state index contributed by atoms with van der Waals surface area (Å²) in [7, 11) is 0. The van der Waals surface area contributed by atoms with Gasteiger partial charge in [-0.1, -0.05) is 12.1 Å². The molecule has 2 aromatic rings. The molecule has 0 spiro atoms. The summed E-state index contributed by atoms with van der Waals surface area (Å²) < 4.78 is 1.68. The quantitative estimate of drug-likeness (QED) is 0.890. The van der Waals surface area contributed by atoms with Crippen LogP contribution in [0.1, 0.15) is 25.0 Å². The Balaban J connectivity index is 1.81. The molecule has 1 aliphatic rings. The van der Waals surface area contributed by atoms with Crippen LogP contribution in [0.15, 0.2) is 24.3 Å². The van der Waals surface area contributed by atoms with Crippen LogP contribution in [0.4, 0.5) is 10.5 Å². The molecule has 2 amide bonds. The zero-order chi connectivity index (χ0) is 18.2. The van der Waals surface area contributed by atoms with Crippen LogP contribution in [-0.2, 0) is 4.79 Å². The molecule has 1 atom stereocenters. The van der Waals surface area contributed by atoms with Crippen LogP contribution in [-0.4, -0.2) is 49.9 Å². The number of hydrogen-bond donors (Lipinski definition) is 2. The van der Waals surface area contributed by atoms with Crippen molar-refractivity contribution in [1.29, 1.82) is 0 Å². The molecule has 1 aromatic carbocycles. The molecule has 132 valence electrons. The Morgan fingerprint density at radius 2 is 2.00 bits per heavy atom. The first-order chi connectivity index (χ1) is 11.8. The van der Waals surface area contributed by atoms with E-state index in [0.717, 1.165) is 5.82 Å². The number of aromatic nitrogens is 3. The van der Waals surface area contributed by atoms with Crippen molar-refractivity contribution in [2.24, 2.45) is 5.41 Å². The van der Waals surface area contributed by atoms with Gasteiger partial charge >= 0.3 is 12.0 Å². The minimum atomic E-state index is -0.892. The molecule has 2 N–H and O–H groups in total. The molecule has 1 saturated heterocycles. The fraction of sp³-hybridized carbons (Fsp3) is 0.412. The lowest BCUT2D eigenvalue weighted by molar-refractivity contribution is -0.146. The number of amides is 2. The summed E-state index contributed by atoms with van der Waals surface area (Å²) in [6.07, 6.45) is 0.443. The topological polar surface area (TPSA) is 100 Å². The highest BCUT2D eigenvalue weighted by molar-refractivity contribution is 5.92. The van der Waals surface area contributed by atoms with Crippen LogP contribution in [0.5, 0.6) is 0 Å². The third-order valence-electron chi connectivity index (χ3n) is 4.53. The number of rotatable bonds is 3. The van der Waals surface area contributed by atoms with Crippen molar-refractivity contribution < 1.29 is 14.7 Å². The normalized spacial score (nSPS) is 19.9. The fourth-order valence-corrected chi connectivity index (χ4v) is 3.02. The van der Waals surface area contributed by atoms with E-state index in [1.165, 1.54) is 4.90 Å². The van der Waals surface area contributed by atoms with E-state index in [9.17, 15) is 14.7 Å². The van der Waals surface area contributed by atoms with E-state index in [0.29, 0.717) is 30.2 Å². The van der Waals surface area contributed by atoms with E-state index in [4.69, 9.17) is 0 Å². The third kappa shape index (κ3) is 3.19. The summed E-state index contributed by atoms with van der Waals surface area (Å²) in [5.74, 6) is 0.492. The maximum atomic E-state index is 12.6. The number of nitrogens with one attached hydrogen (secondary N) is 1. The molecule has 3 rings (SSSR count). The number of aryl methyl sites for hydroxylation is 2. The summed E-state index contributed by atoms with van der Waals surface area (Å²) in [6.45, 7) is 5.92. The van der Waals surface area contributed by atoms with Gasteiger partial charge in [-0.3, -0.25) is 4.79 Å². The molecule has 0 bridgehead atoms. The van der Waals surface area contributed by atoms with E-state index in [2.05, 4.69) is 15.4 Å². The Hall–Kier alpha value is -2.90. The van der Waals surface area contributed by atoms with Gasteiger partial charge in [-0.15, -0.1) is 0 Å². The largest absolute Gasteiger partial charge is 0.481 e. The van der Waals surface area contributed by atoms with Crippen LogP contribution in [0.3, 0.4) is 0 Å². The SMILES string of the molecule is Cc1nc(C)n(-c2ccccc2NC(=O)N2CCC(C)(C(=O)O)C2)n1. The molecular weight excluding hydrogens is 322 g/mol. The van der Waals surface area contributed by atoms with Gasteiger partial charge in [-0.2, -0.15) is 5.10 Å². The first kappa shape index (κ1) is 16.9. The predicted octanol–water partition coefficient (Wildman–Crippen LogP) is 2.21. The second-order valence-electron chi connectivity index (χ2n) is 6.60. The molecule has 0 radical (unpaired) electrons. The van der Waals surface area contributed by atoms with Crippen molar-refractivity contribution in [2.75, 3.05) is 18.4 Å². The summed E-state index contributed by atoms with van der Waals surface area (Å²) in [5, 5.41) is 16.5. The Morgan fingerprint density at radius 3 is 2.60 bits per heavy atom. The zero-order valence-electron chi connectivity index (χ0n) is 14.5. The third-order valence-corrected chi connectivity index (χ3v) is 4.53. The summed E-state index contributed by atoms with van der Waals surface area (Å²) in [6, 6.07) is 7.01. The minimum Gasteiger partial charge on any atom is -0.481 e. The highest BCUT2D eigenvalue weighted by atomic mass is 16.4. The van der Waals surface area contributed by atoms with Crippen LogP contribution < -0.4 is 5.32 Å². The standard InChI is InChI=1S/C17H21N5O3/c1-11-18-12(2)22(20-11)14-7-5-4-6-13(14)19-16(25)21-9-8-17(3,10-21)15(23)24/h4-7H,8-10H2,1-3H3,(H,19,25)(H,23,24). The predicted molar refractivity (Wildman–Crippen MR) is 91.8 cm³/mol. The number of carboxylic acids is 1. The number of nitrogens with zero attached hydrogens (tertiary/aromatic N) is 4. The highest BCUT2D eigenvalue weighted by Gasteiger charge is 2.42. The lowest BCUT2D eigenvalue weighted by atomic mass is 9.90. The van der Waals surface area contributed by atoms with Gasteiger partial charge in [0.05, 0.1) is 16.8 Å². The number of aliphatic carboxylic acids is 1. The van der Waals surface area contributed by atoms with Crippen molar-refractivity contribution in [3.8, 4) is 5.69 Å². The summed E-state index contributed by atoms with van der Waals surface area (Å²) in [4.78, 5) is 29.7. The number of carbonyl (C=O) groups excluding carboxylic acids is 1. The van der Waals surface area contributed by atoms with E-state index >= 15 is 0 Å². The Labute approximate surface area is 145 Å². The molecule has 8 nitrogen and oxygen atoms in total. The average Bonchev–Trinajstić information content (AvgIpc) is 3.11. The van der Waals surface area contributed by atoms with Gasteiger partial charge in [0.15, 0.2) is 0 Å². The Morgan fingerprint density at radius 1 is 1.28 bits per heavy atom. The van der Waals surface area contributed by atoms with Crippen molar-refractivity contribution in [3.63, 3.8) is 0 Å². The first-order valence-corrected chi connectivity index (χ1v) is 8.09. The Kier molecular flexibility index (Phi) is 4.20. The maximum Gasteiger partial charge on any atom is 0.321 e. The highest BCUT2D eigenvalue weighted by Crippen LogP contribution is 2.31. The lowest BCUT2D eigenvalue weighted by Crippen LogP contribution is -2.37. The van der Waals surface area contributed by atoms with Gasteiger partial charge in [0.1, 0.15) is 11.6 Å². The zero-order valence-corrected chi connectivity index (χ0v) is 14.5. The first-order valence-electron chi connectivity index (χ1n) is 8.09. The molecular formula is C17H21N5O3. The number of anilines is 1. The second-order valence-corrected chi connectivity index (χ2v) is 6.60. The van der Waals surface area contributed by atoms with E-state index in [-0.39, 0.29) is 12.6 Å². The van der Waals surface area contributed by atoms with Crippen LogP contribution in [0.25, 0.3) is 5.69 Å². The van der Waals surface area contributed by atoms with Crippen LogP contribution in [0, 0.1) is 19.3 Å². The van der Waals surface area contributed by atoms with Gasteiger partial charge in [-0.25, -0.2) is 14.5 Å². The summed E-state index contributed by atoms with van der Waals surface area (Å²) >= 11 is 0. The van der Waals surface area contributed by atoms with Gasteiger partial charge in [0.2, 0.25) is 0 Å². The molecule has 1 aromatic heterocycles. The van der Waals surface area contributed by atoms with Crippen molar-refractivity contribution in [1.82, 2.24) is 19.7 Å². The van der Waals surface area contributed by atoms with Crippen molar-refractivity contribution in [3.05, 3.63) is 35.9 Å². The molecule has 0 saturated carbocycles. The van der Waals surface area contributed by atoms with Gasteiger partial charge in [0.25, 0.3) is 0 Å². The molecule has 1 fully saturated rings. The smallest absolute Gasteiger partial charge is 0.321 e. The van der Waals surface area contributed by atoms with Crippen LogP contribution >= 0.6 is 0 Å². The van der Waals surface area contributed by atoms with E-state index in [1.54, 1.807) is 17.7 Å². The second kappa shape index (κ2) is 6.19. The van der Waals surface area contributed by atoms with E-state index < -0.39 is 11.4 Å². The average molecular weight is 343 g/mol. The number of likely N-dealkylation sites (tertiary alicyclic amines) is 1. The monoisotopic (exact) mass is 343 g/mol. The van der Waals surface area contributed by atoms with E-state index in [1.807, 2.05) is 32.0 Å². The van der Waals surface area contributed by atoms with Gasteiger partial charge < -0.3 is 15.3 Å². The van der Waals surface area contributed by atoms with Gasteiger partial charge in [-0.05, 0) is 39.3 Å². The lowest BCUT2D eigenvalue weighted by Gasteiger charge is -2.21. The fourth-order valence-electron chi connectivity index (χ4n) is 3.02. The molecule has 1 aliphatic heterocycles. The molecule has 0 aliphatic carbocycles. The molecule has 2 heterocycles. The number of carboxylic acid groups (broad SMARTS) is 1. The minimum absolute atomic E-state index is 0.192. The van der Waals surface area contributed by atoms with Crippen LogP contribution in [0.2, 0.25) is 0 Å². The molecule has 8 heteroatoms. The van der Waals surface area contributed by atoms with Crippen molar-refractivity contribution in [2.45, 2.75) is 27.2 Å². The van der Waals surface area contributed by atoms with Crippen molar-refractivity contribution >= 4 is 17.7 Å². The Bertz CT molecular complexity index is 831. The number of hydrogen-bond acceptors (Lipinski definition) is 4. The summed E-state index contributed by atoms with van der Waals surface area (Å²) in [5.41, 5.74) is 0.426. The molecule has 25 heavy (non-hydrogen) atoms. The molecule has 1 unspecified atom stereocenters. The number of para-hydroxylation sites is 2. The number of carbonyl (C=O) groups is 2. The number of urea groups is 1.